The van der Waals surface area contributed by atoms with Crippen LogP contribution in [0.2, 0.25) is 0 Å². The normalized spacial score (nSPS) is 10.0. The lowest BCUT2D eigenvalue weighted by Gasteiger charge is -2.04. The first kappa shape index (κ1) is 8.96. The van der Waals surface area contributed by atoms with Gasteiger partial charge in [0.05, 0.1) is 5.46 Å². The van der Waals surface area contributed by atoms with Gasteiger partial charge in [-0.15, -0.1) is 0 Å². The topological polar surface area (TPSA) is 60.7 Å². The van der Waals surface area contributed by atoms with Gasteiger partial charge in [0.1, 0.15) is 5.75 Å². The van der Waals surface area contributed by atoms with Gasteiger partial charge in [0.25, 0.3) is 0 Å². The van der Waals surface area contributed by atoms with Crippen molar-refractivity contribution in [2.75, 3.05) is 0 Å². The summed E-state index contributed by atoms with van der Waals surface area (Å²) in [5.74, 6) is -3.38. The lowest BCUT2D eigenvalue weighted by molar-refractivity contribution is 0.410. The van der Waals surface area contributed by atoms with Crippen molar-refractivity contribution >= 4 is 12.6 Å². The lowest BCUT2D eigenvalue weighted by Crippen LogP contribution is -2.33. The molecule has 64 valence electrons. The summed E-state index contributed by atoms with van der Waals surface area (Å²) in [5, 5.41) is 25.9. The third kappa shape index (κ3) is 1.39. The molecule has 0 atom stereocenters. The molecule has 0 fully saturated rings. The van der Waals surface area contributed by atoms with Crippen LogP contribution in [0.25, 0.3) is 0 Å². The van der Waals surface area contributed by atoms with Gasteiger partial charge in [-0.3, -0.25) is 0 Å². The molecule has 0 bridgehead atoms. The summed E-state index contributed by atoms with van der Waals surface area (Å²) in [4.78, 5) is 0. The van der Waals surface area contributed by atoms with E-state index in [1.807, 2.05) is 0 Å². The predicted octanol–water partition coefficient (Wildman–Crippen LogP) is -0.650. The first-order valence-corrected chi connectivity index (χ1v) is 3.07. The highest BCUT2D eigenvalue weighted by molar-refractivity contribution is 6.59. The number of halogens is 2. The molecule has 0 saturated heterocycles. The van der Waals surface area contributed by atoms with Crippen molar-refractivity contribution in [3.63, 3.8) is 0 Å². The van der Waals surface area contributed by atoms with Gasteiger partial charge in [0.15, 0.2) is 11.6 Å². The number of phenols is 1. The van der Waals surface area contributed by atoms with Crippen molar-refractivity contribution in [1.82, 2.24) is 0 Å². The van der Waals surface area contributed by atoms with Crippen LogP contribution in [-0.4, -0.2) is 22.3 Å². The van der Waals surface area contributed by atoms with Crippen molar-refractivity contribution in [2.24, 2.45) is 0 Å². The highest BCUT2D eigenvalue weighted by Gasteiger charge is 2.23. The largest absolute Gasteiger partial charge is 0.508 e. The van der Waals surface area contributed by atoms with Crippen molar-refractivity contribution in [2.45, 2.75) is 0 Å². The number of phenolic OH excluding ortho intramolecular Hbond substituents is 1. The Balaban J connectivity index is 3.33. The summed E-state index contributed by atoms with van der Waals surface area (Å²) >= 11 is 0. The zero-order valence-electron chi connectivity index (χ0n) is 5.83. The third-order valence-electron chi connectivity index (χ3n) is 1.37. The van der Waals surface area contributed by atoms with E-state index in [2.05, 4.69) is 0 Å². The van der Waals surface area contributed by atoms with Crippen LogP contribution >= 0.6 is 0 Å². The number of hydrogen-bond acceptors (Lipinski definition) is 3. The zero-order chi connectivity index (χ0) is 9.30. The van der Waals surface area contributed by atoms with Crippen molar-refractivity contribution in [3.8, 4) is 5.75 Å². The molecule has 0 aliphatic heterocycles. The molecule has 0 heterocycles. The first-order valence-electron chi connectivity index (χ1n) is 3.07. The highest BCUT2D eigenvalue weighted by Crippen LogP contribution is 2.11. The molecule has 6 heteroatoms. The van der Waals surface area contributed by atoms with Crippen LogP contribution in [0.4, 0.5) is 8.78 Å². The van der Waals surface area contributed by atoms with Crippen LogP contribution in [0.15, 0.2) is 12.1 Å². The Kier molecular flexibility index (Phi) is 2.30. The van der Waals surface area contributed by atoms with E-state index in [1.54, 1.807) is 0 Å². The third-order valence-corrected chi connectivity index (χ3v) is 1.37. The molecular weight excluding hydrogens is 169 g/mol. The fourth-order valence-corrected chi connectivity index (χ4v) is 0.802. The second kappa shape index (κ2) is 3.08. The van der Waals surface area contributed by atoms with E-state index in [0.717, 1.165) is 6.07 Å². The van der Waals surface area contributed by atoms with Gasteiger partial charge >= 0.3 is 7.12 Å². The molecule has 3 N–H and O–H groups in total. The van der Waals surface area contributed by atoms with Crippen molar-refractivity contribution < 1.29 is 23.9 Å². The van der Waals surface area contributed by atoms with Gasteiger partial charge in [-0.25, -0.2) is 8.78 Å². The molecule has 1 rings (SSSR count). The molecule has 0 spiro atoms. The summed E-state index contributed by atoms with van der Waals surface area (Å²) in [5.41, 5.74) is -0.852. The summed E-state index contributed by atoms with van der Waals surface area (Å²) in [7, 11) is -2.22. The van der Waals surface area contributed by atoms with E-state index < -0.39 is 30.0 Å². The van der Waals surface area contributed by atoms with Crippen molar-refractivity contribution in [3.05, 3.63) is 23.8 Å². The van der Waals surface area contributed by atoms with E-state index in [1.165, 1.54) is 0 Å². The molecule has 1 aromatic carbocycles. The zero-order valence-corrected chi connectivity index (χ0v) is 5.83. The standard InChI is InChI=1S/C6H5BF2O3/c8-3-1-2-4(10)5(6(3)9)7(11)12/h1-2,10-12H. The van der Waals surface area contributed by atoms with E-state index in [-0.39, 0.29) is 0 Å². The quantitative estimate of drug-likeness (QED) is 0.495. The molecule has 0 amide bonds. The van der Waals surface area contributed by atoms with Crippen LogP contribution in [0.3, 0.4) is 0 Å². The van der Waals surface area contributed by atoms with E-state index in [4.69, 9.17) is 15.2 Å². The van der Waals surface area contributed by atoms with Gasteiger partial charge in [-0.2, -0.15) is 0 Å². The summed E-state index contributed by atoms with van der Waals surface area (Å²) in [6, 6.07) is 1.53. The SMILES string of the molecule is OB(O)c1c(O)ccc(F)c1F. The Morgan fingerprint density at radius 1 is 1.17 bits per heavy atom. The Morgan fingerprint density at radius 3 is 2.17 bits per heavy atom. The van der Waals surface area contributed by atoms with E-state index in [9.17, 15) is 8.78 Å². The Labute approximate surface area is 67.0 Å². The molecule has 3 nitrogen and oxygen atoms in total. The molecule has 0 aliphatic carbocycles. The molecular formula is C6H5BF2O3. The molecule has 0 saturated carbocycles. The summed E-state index contributed by atoms with van der Waals surface area (Å²) in [6.45, 7) is 0. The van der Waals surface area contributed by atoms with Crippen molar-refractivity contribution in [1.29, 1.82) is 0 Å². The number of benzene rings is 1. The molecule has 1 aromatic rings. The van der Waals surface area contributed by atoms with Crippen LogP contribution in [0.5, 0.6) is 5.75 Å². The maximum absolute atomic E-state index is 12.7. The average Bonchev–Trinajstić information content (AvgIpc) is 1.97. The maximum atomic E-state index is 12.7. The first-order chi connectivity index (χ1) is 5.54. The summed E-state index contributed by atoms with van der Waals surface area (Å²) in [6.07, 6.45) is 0. The van der Waals surface area contributed by atoms with Gasteiger partial charge in [-0.1, -0.05) is 0 Å². The average molecular weight is 174 g/mol. The Hall–Kier alpha value is -1.14. The molecule has 0 unspecified atom stereocenters. The fourth-order valence-electron chi connectivity index (χ4n) is 0.802. The predicted molar refractivity (Wildman–Crippen MR) is 37.8 cm³/mol. The molecule has 0 radical (unpaired) electrons. The fraction of sp³-hybridized carbons (Fsp3) is 0. The van der Waals surface area contributed by atoms with Gasteiger partial charge in [0.2, 0.25) is 0 Å². The van der Waals surface area contributed by atoms with Crippen LogP contribution < -0.4 is 5.46 Å². The summed E-state index contributed by atoms with van der Waals surface area (Å²) < 4.78 is 25.1. The second-order valence-electron chi connectivity index (χ2n) is 2.17. The number of hydrogen-bond donors (Lipinski definition) is 3. The Morgan fingerprint density at radius 2 is 1.75 bits per heavy atom. The van der Waals surface area contributed by atoms with Crippen LogP contribution in [0, 0.1) is 11.6 Å². The minimum Gasteiger partial charge on any atom is -0.508 e. The maximum Gasteiger partial charge on any atom is 0.495 e. The van der Waals surface area contributed by atoms with Gasteiger partial charge in [0, 0.05) is 0 Å². The van der Waals surface area contributed by atoms with Crippen LogP contribution in [-0.2, 0) is 0 Å². The minimum absolute atomic E-state index is 0.691. The van der Waals surface area contributed by atoms with Gasteiger partial charge < -0.3 is 15.2 Å². The molecule has 12 heavy (non-hydrogen) atoms. The monoisotopic (exact) mass is 174 g/mol. The molecule has 0 aromatic heterocycles. The van der Waals surface area contributed by atoms with Crippen LogP contribution in [0.1, 0.15) is 0 Å². The van der Waals surface area contributed by atoms with E-state index in [0.29, 0.717) is 6.07 Å². The second-order valence-corrected chi connectivity index (χ2v) is 2.17. The number of rotatable bonds is 1. The smallest absolute Gasteiger partial charge is 0.495 e. The lowest BCUT2D eigenvalue weighted by atomic mass is 9.79. The molecule has 0 aliphatic rings. The van der Waals surface area contributed by atoms with Gasteiger partial charge in [-0.05, 0) is 12.1 Å². The highest BCUT2D eigenvalue weighted by atomic mass is 19.2. The number of aromatic hydroxyl groups is 1. The Bertz CT molecular complexity index is 303. The van der Waals surface area contributed by atoms with E-state index >= 15 is 0 Å². The minimum atomic E-state index is -2.22.